The molecule has 1 aromatic heterocycles. The van der Waals surface area contributed by atoms with Crippen LogP contribution in [0.25, 0.3) is 0 Å². The number of hydrogen-bond acceptors (Lipinski definition) is 6. The molecule has 0 bridgehead atoms. The highest BCUT2D eigenvalue weighted by atomic mass is 16.8. The van der Waals surface area contributed by atoms with Crippen LogP contribution in [0, 0.1) is 13.8 Å². The second-order valence-corrected chi connectivity index (χ2v) is 6.07. The molecule has 1 aromatic rings. The molecule has 0 N–H and O–H groups in total. The molecule has 3 rings (SSSR count). The SMILES string of the molecule is CCC1(CCOc2ccnc(C)c2C)OCC2(CO1)OCCO2. The first-order valence-electron chi connectivity index (χ1n) is 8.19. The van der Waals surface area contributed by atoms with Crippen LogP contribution in [0.3, 0.4) is 0 Å². The maximum atomic E-state index is 5.98. The van der Waals surface area contributed by atoms with Crippen molar-refractivity contribution in [2.24, 2.45) is 0 Å². The first-order valence-corrected chi connectivity index (χ1v) is 8.19. The van der Waals surface area contributed by atoms with Gasteiger partial charge in [0.05, 0.1) is 19.8 Å². The van der Waals surface area contributed by atoms with Crippen molar-refractivity contribution < 1.29 is 23.7 Å². The zero-order chi connectivity index (χ0) is 16.3. The Bertz CT molecular complexity index is 532. The number of nitrogens with zero attached hydrogens (tertiary/aromatic N) is 1. The zero-order valence-corrected chi connectivity index (χ0v) is 14.1. The molecule has 3 heterocycles. The molecule has 1 spiro atoms. The minimum atomic E-state index is -0.710. The first-order chi connectivity index (χ1) is 11.1. The lowest BCUT2D eigenvalue weighted by atomic mass is 10.1. The Morgan fingerprint density at radius 3 is 2.48 bits per heavy atom. The van der Waals surface area contributed by atoms with Gasteiger partial charge in [0, 0.05) is 23.9 Å². The molecule has 0 unspecified atom stereocenters. The monoisotopic (exact) mass is 323 g/mol. The van der Waals surface area contributed by atoms with Crippen LogP contribution in [0.15, 0.2) is 12.3 Å². The first kappa shape index (κ1) is 16.6. The fraction of sp³-hybridized carbons (Fsp3) is 0.706. The van der Waals surface area contributed by atoms with Crippen LogP contribution in [0.4, 0.5) is 0 Å². The van der Waals surface area contributed by atoms with E-state index >= 15 is 0 Å². The topological polar surface area (TPSA) is 59.0 Å². The third-order valence-electron chi connectivity index (χ3n) is 4.61. The van der Waals surface area contributed by atoms with Crippen LogP contribution in [-0.4, -0.2) is 49.6 Å². The van der Waals surface area contributed by atoms with Crippen LogP contribution >= 0.6 is 0 Å². The normalized spacial score (nSPS) is 22.4. The van der Waals surface area contributed by atoms with Gasteiger partial charge in [0.2, 0.25) is 5.79 Å². The molecule has 128 valence electrons. The molecule has 23 heavy (non-hydrogen) atoms. The number of rotatable bonds is 5. The van der Waals surface area contributed by atoms with Crippen molar-refractivity contribution in [1.29, 1.82) is 0 Å². The van der Waals surface area contributed by atoms with Crippen molar-refractivity contribution in [2.45, 2.75) is 45.2 Å². The van der Waals surface area contributed by atoms with Gasteiger partial charge in [-0.1, -0.05) is 6.92 Å². The van der Waals surface area contributed by atoms with E-state index in [0.717, 1.165) is 23.4 Å². The minimum absolute atomic E-state index is 0.397. The van der Waals surface area contributed by atoms with Crippen molar-refractivity contribution in [3.63, 3.8) is 0 Å². The van der Waals surface area contributed by atoms with Gasteiger partial charge in [0.15, 0.2) is 5.79 Å². The largest absolute Gasteiger partial charge is 0.493 e. The van der Waals surface area contributed by atoms with E-state index in [1.54, 1.807) is 6.20 Å². The molecule has 2 aliphatic heterocycles. The summed E-state index contributed by atoms with van der Waals surface area (Å²) in [6.45, 7) is 8.54. The third-order valence-corrected chi connectivity index (χ3v) is 4.61. The van der Waals surface area contributed by atoms with E-state index in [0.29, 0.717) is 39.5 Å². The Balaban J connectivity index is 1.55. The second kappa shape index (κ2) is 6.73. The van der Waals surface area contributed by atoms with Gasteiger partial charge in [-0.25, -0.2) is 0 Å². The summed E-state index contributed by atoms with van der Waals surface area (Å²) in [5.41, 5.74) is 2.05. The van der Waals surface area contributed by atoms with Gasteiger partial charge >= 0.3 is 0 Å². The smallest absolute Gasteiger partial charge is 0.216 e. The Kier molecular flexibility index (Phi) is 4.87. The Morgan fingerprint density at radius 1 is 1.13 bits per heavy atom. The van der Waals surface area contributed by atoms with Crippen LogP contribution < -0.4 is 4.74 Å². The fourth-order valence-corrected chi connectivity index (χ4v) is 2.84. The number of aryl methyl sites for hydroxylation is 1. The lowest BCUT2D eigenvalue weighted by Gasteiger charge is -2.43. The second-order valence-electron chi connectivity index (χ2n) is 6.07. The summed E-state index contributed by atoms with van der Waals surface area (Å²) in [7, 11) is 0. The van der Waals surface area contributed by atoms with E-state index in [1.165, 1.54) is 0 Å². The third kappa shape index (κ3) is 3.50. The number of aromatic nitrogens is 1. The maximum absolute atomic E-state index is 5.98. The molecule has 6 heteroatoms. The van der Waals surface area contributed by atoms with Gasteiger partial charge in [0.25, 0.3) is 0 Å². The van der Waals surface area contributed by atoms with Gasteiger partial charge in [-0.15, -0.1) is 0 Å². The standard InChI is InChI=1S/C17H25NO5/c1-4-16(22-11-17(12-23-16)20-9-10-21-17)6-8-19-15-5-7-18-14(3)13(15)2/h5,7H,4,6,8-12H2,1-3H3. The Hall–Kier alpha value is -1.21. The van der Waals surface area contributed by atoms with Gasteiger partial charge in [0.1, 0.15) is 19.0 Å². The summed E-state index contributed by atoms with van der Waals surface area (Å²) >= 11 is 0. The summed E-state index contributed by atoms with van der Waals surface area (Å²) in [5.74, 6) is -0.479. The highest BCUT2D eigenvalue weighted by molar-refractivity contribution is 5.33. The van der Waals surface area contributed by atoms with E-state index in [4.69, 9.17) is 23.7 Å². The molecule has 2 fully saturated rings. The zero-order valence-electron chi connectivity index (χ0n) is 14.1. The summed E-state index contributed by atoms with van der Waals surface area (Å²) in [6.07, 6.45) is 3.17. The van der Waals surface area contributed by atoms with Gasteiger partial charge < -0.3 is 23.7 Å². The van der Waals surface area contributed by atoms with E-state index in [9.17, 15) is 0 Å². The molecule has 0 aromatic carbocycles. The fourth-order valence-electron chi connectivity index (χ4n) is 2.84. The van der Waals surface area contributed by atoms with Crippen molar-refractivity contribution in [3.8, 4) is 5.75 Å². The van der Waals surface area contributed by atoms with E-state index < -0.39 is 11.6 Å². The summed E-state index contributed by atoms with van der Waals surface area (Å²) in [5, 5.41) is 0. The predicted molar refractivity (Wildman–Crippen MR) is 83.4 cm³/mol. The van der Waals surface area contributed by atoms with Gasteiger partial charge in [-0.3, -0.25) is 4.98 Å². The maximum Gasteiger partial charge on any atom is 0.216 e. The number of hydrogen-bond donors (Lipinski definition) is 0. The average Bonchev–Trinajstić information content (AvgIpc) is 3.02. The van der Waals surface area contributed by atoms with Crippen LogP contribution in [0.1, 0.15) is 31.0 Å². The van der Waals surface area contributed by atoms with E-state index in [-0.39, 0.29) is 0 Å². The molecule has 0 atom stereocenters. The van der Waals surface area contributed by atoms with Crippen LogP contribution in [0.5, 0.6) is 5.75 Å². The molecular weight excluding hydrogens is 298 g/mol. The van der Waals surface area contributed by atoms with E-state index in [1.807, 2.05) is 19.9 Å². The van der Waals surface area contributed by atoms with Crippen molar-refractivity contribution in [3.05, 3.63) is 23.5 Å². The van der Waals surface area contributed by atoms with Crippen molar-refractivity contribution in [2.75, 3.05) is 33.0 Å². The quantitative estimate of drug-likeness (QED) is 0.829. The molecule has 6 nitrogen and oxygen atoms in total. The molecule has 2 aliphatic rings. The lowest BCUT2D eigenvalue weighted by Crippen LogP contribution is -2.54. The average molecular weight is 323 g/mol. The molecular formula is C17H25NO5. The number of ether oxygens (including phenoxy) is 5. The minimum Gasteiger partial charge on any atom is -0.493 e. The molecule has 2 saturated heterocycles. The highest BCUT2D eigenvalue weighted by Crippen LogP contribution is 2.34. The molecule has 0 radical (unpaired) electrons. The summed E-state index contributed by atoms with van der Waals surface area (Å²) in [6, 6.07) is 1.89. The predicted octanol–water partition coefficient (Wildman–Crippen LogP) is 2.36. The van der Waals surface area contributed by atoms with Crippen molar-refractivity contribution >= 4 is 0 Å². The summed E-state index contributed by atoms with van der Waals surface area (Å²) < 4.78 is 29.1. The molecule has 0 aliphatic carbocycles. The highest BCUT2D eigenvalue weighted by Gasteiger charge is 2.47. The molecule has 0 saturated carbocycles. The van der Waals surface area contributed by atoms with E-state index in [2.05, 4.69) is 11.9 Å². The van der Waals surface area contributed by atoms with Crippen LogP contribution in [0.2, 0.25) is 0 Å². The van der Waals surface area contributed by atoms with Gasteiger partial charge in [-0.2, -0.15) is 0 Å². The molecule has 0 amide bonds. The van der Waals surface area contributed by atoms with Gasteiger partial charge in [-0.05, 0) is 26.3 Å². The number of pyridine rings is 1. The Labute approximate surface area is 137 Å². The lowest BCUT2D eigenvalue weighted by molar-refractivity contribution is -0.365. The Morgan fingerprint density at radius 2 is 1.83 bits per heavy atom. The van der Waals surface area contributed by atoms with Crippen LogP contribution in [-0.2, 0) is 18.9 Å². The summed E-state index contributed by atoms with van der Waals surface area (Å²) in [4.78, 5) is 4.25. The van der Waals surface area contributed by atoms with Crippen molar-refractivity contribution in [1.82, 2.24) is 4.98 Å².